The Labute approximate surface area is 623 Å². The molecule has 6 aliphatic rings. The molecule has 4 fully saturated rings. The van der Waals surface area contributed by atoms with Crippen LogP contribution in [0.15, 0.2) is 60.7 Å². The summed E-state index contributed by atoms with van der Waals surface area (Å²) in [5.74, 6) is -3.51. The Kier molecular flexibility index (Phi) is 30.2. The first kappa shape index (κ1) is 81.5. The number of aryl methyl sites for hydroxylation is 2. The second-order valence-corrected chi connectivity index (χ2v) is 46.0. The van der Waals surface area contributed by atoms with Crippen molar-refractivity contribution in [2.24, 2.45) is 11.8 Å². The molecule has 10 rings (SSSR count). The van der Waals surface area contributed by atoms with E-state index in [0.717, 1.165) is 84.9 Å². The van der Waals surface area contributed by atoms with Crippen molar-refractivity contribution >= 4 is 156 Å². The van der Waals surface area contributed by atoms with Gasteiger partial charge in [-0.3, -0.25) is 29.0 Å². The van der Waals surface area contributed by atoms with E-state index in [2.05, 4.69) is 180 Å². The SMILES string of the molecule is CC(=O)NC(C)(C)[C@@H]1CC2(CCN(C(=O)[C@@H]3CN(C(C)(C)C)C[C@H]3c3ccc(F)cc3F)CC2)c2cc(Cl)c(C)cc21.CC(=O)NC(C)(C)[C@@H]1CC2(CCNCC2)c2cc(Cl)c(C)cc21.CC(C)(C)N1C[C@@H](C(=O)Cl)[C@H](c2ccc(F)cc2F)C1.I.II.I[I-]I. The fourth-order valence-electron chi connectivity index (χ4n) is 15.2. The molecule has 4 aromatic rings. The molecular formula is C68H90Cl3F4I6N6O4-. The zero-order valence-electron chi connectivity index (χ0n) is 54.6. The molecule has 91 heavy (non-hydrogen) atoms. The Bertz CT molecular complexity index is 3230. The van der Waals surface area contributed by atoms with Gasteiger partial charge in [-0.1, -0.05) is 47.5 Å². The molecule has 23 heteroatoms. The molecular weight excluding hydrogens is 1910 g/mol. The van der Waals surface area contributed by atoms with Crippen LogP contribution in [0.25, 0.3) is 0 Å². The third kappa shape index (κ3) is 19.6. The van der Waals surface area contributed by atoms with Crippen LogP contribution in [0.4, 0.5) is 17.6 Å². The fraction of sp³-hybridized carbons (Fsp3) is 0.588. The van der Waals surface area contributed by atoms with Crippen molar-refractivity contribution in [2.45, 2.75) is 192 Å². The van der Waals surface area contributed by atoms with Gasteiger partial charge in [0.15, 0.2) is 0 Å². The number of piperidine rings is 2. The average molecular weight is 2000 g/mol. The van der Waals surface area contributed by atoms with Gasteiger partial charge in [-0.15, -0.1) is 24.0 Å². The van der Waals surface area contributed by atoms with Crippen molar-refractivity contribution in [1.29, 1.82) is 0 Å². The van der Waals surface area contributed by atoms with Gasteiger partial charge in [-0.2, -0.15) is 0 Å². The molecule has 2 spiro atoms. The van der Waals surface area contributed by atoms with Crippen LogP contribution >= 0.6 is 133 Å². The van der Waals surface area contributed by atoms with E-state index < -0.39 is 45.9 Å². The standard InChI is InChI=1S/C34H44ClF2N3O2.C19H27ClN2O.C15H18ClF2NO.I3.I2.HI/c1-20-14-24-27(16-29(20)35)34(17-28(24)33(6,7)38-21(2)41)10-12-39(13-11-34)31(42)26-19-40(32(3,4)5)18-25(26)23-9-8-22(36)15-30(23)37;1-12-9-14-15(10-17(12)20)19(5-7-21-8-6-19)11-16(14)18(3,4)22-13(2)23;1-15(2,3)19-7-11(12(8-19)14(16)20)10-5-4-9(17)6-13(10)18;1-3-2;1-2;/h8-9,14-16,25-26,28H,10-13,17-19H2,1-7H3,(H,38,41);9-10,16,21H,5-8,11H2,1-4H3,(H,22,23);4-6,11-12H,7-8H2,1-3H3;;;1H/q;;;-1;;/t25-,26+,28+;16-;11-,12+;;;/m010.../s1. The predicted octanol–water partition coefficient (Wildman–Crippen LogP) is 15.1. The number of amides is 3. The van der Waals surface area contributed by atoms with Gasteiger partial charge in [0, 0.05) is 158 Å². The number of carbonyl (C=O) groups excluding carboxylic acids is 4. The second kappa shape index (κ2) is 33.8. The topological polar surface area (TPSA) is 114 Å². The molecule has 4 aromatic carbocycles. The van der Waals surface area contributed by atoms with Crippen molar-refractivity contribution in [2.75, 3.05) is 52.4 Å². The Balaban J connectivity index is 0.000000259. The third-order valence-corrected chi connectivity index (χ3v) is 21.0. The van der Waals surface area contributed by atoms with Crippen molar-refractivity contribution in [3.63, 3.8) is 0 Å². The summed E-state index contributed by atoms with van der Waals surface area (Å²) in [4.78, 5) is 55.8. The maximum absolute atomic E-state index is 15.0. The van der Waals surface area contributed by atoms with Gasteiger partial charge in [0.25, 0.3) is 0 Å². The second-order valence-electron chi connectivity index (χ2n) is 28.6. The molecule has 2 aliphatic carbocycles. The molecule has 4 saturated heterocycles. The van der Waals surface area contributed by atoms with Crippen molar-refractivity contribution < 1.29 is 50.0 Å². The van der Waals surface area contributed by atoms with Crippen LogP contribution in [0.5, 0.6) is 0 Å². The summed E-state index contributed by atoms with van der Waals surface area (Å²) in [5, 5.41) is 10.9. The predicted molar refractivity (Wildman–Crippen MR) is 404 cm³/mol. The van der Waals surface area contributed by atoms with Crippen molar-refractivity contribution in [3.05, 3.63) is 138 Å². The van der Waals surface area contributed by atoms with Crippen LogP contribution in [-0.2, 0) is 30.0 Å². The Hall–Kier alpha value is -0.190. The molecule has 0 aromatic heterocycles. The van der Waals surface area contributed by atoms with E-state index in [-0.39, 0.29) is 86.9 Å². The number of hydrogen-bond donors (Lipinski definition) is 3. The van der Waals surface area contributed by atoms with Crippen molar-refractivity contribution in [1.82, 2.24) is 30.7 Å². The fourth-order valence-corrected chi connectivity index (χ4v) is 15.7. The maximum atomic E-state index is 15.0. The molecule has 10 nitrogen and oxygen atoms in total. The molecule has 6 atom stereocenters. The van der Waals surface area contributed by atoms with E-state index in [0.29, 0.717) is 69.6 Å². The Morgan fingerprint density at radius 1 is 0.582 bits per heavy atom. The normalized spacial score (nSPS) is 22.6. The third-order valence-electron chi connectivity index (χ3n) is 19.9. The quantitative estimate of drug-likeness (QED) is 0.0915. The summed E-state index contributed by atoms with van der Waals surface area (Å²) < 4.78 is 55.7. The van der Waals surface area contributed by atoms with E-state index >= 15 is 0 Å². The van der Waals surface area contributed by atoms with Crippen LogP contribution in [0, 0.1) is 49.0 Å². The van der Waals surface area contributed by atoms with Crippen LogP contribution in [0.2, 0.25) is 10.0 Å². The van der Waals surface area contributed by atoms with E-state index in [1.54, 1.807) is 13.8 Å². The summed E-state index contributed by atoms with van der Waals surface area (Å²) in [5.41, 5.74) is 7.24. The molecule has 0 saturated carbocycles. The molecule has 0 bridgehead atoms. The number of benzene rings is 4. The van der Waals surface area contributed by atoms with Gasteiger partial charge in [-0.25, -0.2) is 17.6 Å². The number of likely N-dealkylation sites (tertiary alicyclic amines) is 3. The summed E-state index contributed by atoms with van der Waals surface area (Å²) in [6.45, 7) is 33.5. The number of carbonyl (C=O) groups is 4. The van der Waals surface area contributed by atoms with Gasteiger partial charge in [-0.05, 0) is 226 Å². The number of fused-ring (bicyclic) bond motifs is 4. The van der Waals surface area contributed by atoms with Gasteiger partial charge in [0.1, 0.15) is 23.3 Å². The van der Waals surface area contributed by atoms with Gasteiger partial charge >= 0.3 is 50.5 Å². The zero-order chi connectivity index (χ0) is 67.4. The van der Waals surface area contributed by atoms with Crippen LogP contribution in [-0.4, -0.2) is 112 Å². The Morgan fingerprint density at radius 2 is 0.945 bits per heavy atom. The average Bonchev–Trinajstić information content (AvgIpc) is 1.60. The molecule has 0 unspecified atom stereocenters. The summed E-state index contributed by atoms with van der Waals surface area (Å²) in [6.07, 6.45) is 5.85. The number of halogens is 13. The summed E-state index contributed by atoms with van der Waals surface area (Å²) in [6, 6.07) is 15.9. The molecule has 3 amide bonds. The Morgan fingerprint density at radius 3 is 1.30 bits per heavy atom. The number of hydrogen-bond acceptors (Lipinski definition) is 7. The van der Waals surface area contributed by atoms with Gasteiger partial charge in [0.05, 0.1) is 11.8 Å². The molecule has 508 valence electrons. The van der Waals surface area contributed by atoms with Crippen molar-refractivity contribution in [3.8, 4) is 0 Å². The van der Waals surface area contributed by atoms with E-state index in [4.69, 9.17) is 34.8 Å². The number of rotatable bonds is 8. The van der Waals surface area contributed by atoms with Crippen LogP contribution in [0.3, 0.4) is 0 Å². The first-order valence-corrected chi connectivity index (χ1v) is 50.7. The van der Waals surface area contributed by atoms with E-state index in [1.165, 1.54) is 46.5 Å². The molecule has 0 radical (unpaired) electrons. The zero-order valence-corrected chi connectivity index (χ0v) is 69.9. The minimum atomic E-state index is -0.620. The first-order chi connectivity index (χ1) is 41.9. The van der Waals surface area contributed by atoms with Crippen LogP contribution in [0.1, 0.15) is 190 Å². The number of nitrogens with one attached hydrogen (secondary N) is 3. The summed E-state index contributed by atoms with van der Waals surface area (Å²) in [7, 11) is 0. The molecule has 3 N–H and O–H groups in total. The van der Waals surface area contributed by atoms with Gasteiger partial charge in [0.2, 0.25) is 23.0 Å². The van der Waals surface area contributed by atoms with E-state index in [9.17, 15) is 36.7 Å². The molecule has 4 aliphatic heterocycles. The monoisotopic (exact) mass is 2000 g/mol. The minimum absolute atomic E-state index is 0. The summed E-state index contributed by atoms with van der Waals surface area (Å²) >= 11 is 28.3. The number of nitrogens with zero attached hydrogens (tertiary/aromatic N) is 3. The van der Waals surface area contributed by atoms with Gasteiger partial charge < -0.3 is 20.9 Å². The first-order valence-electron chi connectivity index (χ1n) is 30.7. The molecule has 4 heterocycles. The van der Waals surface area contributed by atoms with E-state index in [1.807, 2.05) is 32.6 Å². The van der Waals surface area contributed by atoms with Crippen LogP contribution < -0.4 is 29.2 Å².